The molecule has 0 bridgehead atoms. The summed E-state index contributed by atoms with van der Waals surface area (Å²) in [6.45, 7) is 1.95. The molecule has 19 heavy (non-hydrogen) atoms. The first-order chi connectivity index (χ1) is 9.10. The van der Waals surface area contributed by atoms with Crippen LogP contribution in [0.1, 0.15) is 22.5 Å². The summed E-state index contributed by atoms with van der Waals surface area (Å²) in [5.41, 5.74) is 0.645. The Morgan fingerprint density at radius 3 is 3.11 bits per heavy atom. The number of hydrogen-bond donors (Lipinski definition) is 2. The molecular formula is C12H16N2O5. The number of furan rings is 1. The molecule has 0 aliphatic carbocycles. The van der Waals surface area contributed by atoms with Crippen molar-refractivity contribution in [1.29, 1.82) is 0 Å². The fourth-order valence-electron chi connectivity index (χ4n) is 2.21. The third kappa shape index (κ3) is 3.25. The van der Waals surface area contributed by atoms with Crippen LogP contribution in [0.25, 0.3) is 0 Å². The Labute approximate surface area is 110 Å². The number of methoxy groups -OCH3 is 1. The lowest BCUT2D eigenvalue weighted by molar-refractivity contribution is 0.0659. The molecule has 1 fully saturated rings. The number of rotatable bonds is 4. The molecule has 0 spiro atoms. The van der Waals surface area contributed by atoms with E-state index in [1.807, 2.05) is 0 Å². The maximum atomic E-state index is 11.1. The van der Waals surface area contributed by atoms with Crippen molar-refractivity contribution < 1.29 is 23.8 Å². The van der Waals surface area contributed by atoms with Crippen LogP contribution in [0, 0.1) is 0 Å². The Hall–Kier alpha value is -2.02. The highest BCUT2D eigenvalue weighted by Gasteiger charge is 2.26. The zero-order chi connectivity index (χ0) is 13.8. The molecule has 104 valence electrons. The number of carbonyl (C=O) groups is 2. The van der Waals surface area contributed by atoms with E-state index in [2.05, 4.69) is 15.0 Å². The smallest absolute Gasteiger partial charge is 0.407 e. The SMILES string of the molecule is COC(=O)NC1CCN(Cc2ccoc2C(=O)O)C1. The normalized spacial score (nSPS) is 19.3. The van der Waals surface area contributed by atoms with E-state index in [1.165, 1.54) is 13.4 Å². The lowest BCUT2D eigenvalue weighted by Gasteiger charge is -2.15. The van der Waals surface area contributed by atoms with Crippen LogP contribution in [0.5, 0.6) is 0 Å². The second kappa shape index (κ2) is 5.75. The van der Waals surface area contributed by atoms with Gasteiger partial charge in [-0.05, 0) is 12.5 Å². The molecule has 7 nitrogen and oxygen atoms in total. The number of ether oxygens (including phenoxy) is 1. The van der Waals surface area contributed by atoms with Gasteiger partial charge in [0.15, 0.2) is 0 Å². The molecule has 2 N–H and O–H groups in total. The molecule has 1 amide bonds. The molecule has 2 heterocycles. The maximum Gasteiger partial charge on any atom is 0.407 e. The second-order valence-electron chi connectivity index (χ2n) is 4.44. The molecule has 1 saturated heterocycles. The fourth-order valence-corrected chi connectivity index (χ4v) is 2.21. The van der Waals surface area contributed by atoms with Crippen molar-refractivity contribution in [2.75, 3.05) is 20.2 Å². The summed E-state index contributed by atoms with van der Waals surface area (Å²) < 4.78 is 9.47. The number of carboxylic acid groups (broad SMARTS) is 1. The Morgan fingerprint density at radius 1 is 1.63 bits per heavy atom. The van der Waals surface area contributed by atoms with Crippen LogP contribution in [0.2, 0.25) is 0 Å². The van der Waals surface area contributed by atoms with Gasteiger partial charge in [0.05, 0.1) is 13.4 Å². The van der Waals surface area contributed by atoms with Gasteiger partial charge in [-0.3, -0.25) is 4.90 Å². The maximum absolute atomic E-state index is 11.1. The molecular weight excluding hydrogens is 252 g/mol. The van der Waals surface area contributed by atoms with Gasteiger partial charge in [0, 0.05) is 31.2 Å². The van der Waals surface area contributed by atoms with Gasteiger partial charge in [-0.2, -0.15) is 0 Å². The molecule has 1 unspecified atom stereocenters. The molecule has 1 aliphatic heterocycles. The minimum absolute atomic E-state index is 0.0237. The van der Waals surface area contributed by atoms with Crippen LogP contribution in [0.4, 0.5) is 4.79 Å². The van der Waals surface area contributed by atoms with E-state index >= 15 is 0 Å². The average molecular weight is 268 g/mol. The predicted octanol–water partition coefficient (Wildman–Crippen LogP) is 0.908. The van der Waals surface area contributed by atoms with Crippen molar-refractivity contribution >= 4 is 12.1 Å². The standard InChI is InChI=1S/C12H16N2O5/c1-18-12(17)13-9-2-4-14(7-9)6-8-3-5-19-10(8)11(15)16/h3,5,9H,2,4,6-7H2,1H3,(H,13,17)(H,15,16). The molecule has 7 heteroatoms. The van der Waals surface area contributed by atoms with Crippen LogP contribution >= 0.6 is 0 Å². The first-order valence-corrected chi connectivity index (χ1v) is 5.96. The van der Waals surface area contributed by atoms with Crippen molar-refractivity contribution in [3.8, 4) is 0 Å². The first kappa shape index (κ1) is 13.4. The Kier molecular flexibility index (Phi) is 4.06. The summed E-state index contributed by atoms with van der Waals surface area (Å²) in [6, 6.07) is 1.69. The van der Waals surface area contributed by atoms with E-state index in [0.717, 1.165) is 13.0 Å². The van der Waals surface area contributed by atoms with Crippen molar-refractivity contribution in [1.82, 2.24) is 10.2 Å². The van der Waals surface area contributed by atoms with E-state index in [9.17, 15) is 9.59 Å². The number of carbonyl (C=O) groups excluding carboxylic acids is 1. The Morgan fingerprint density at radius 2 is 2.42 bits per heavy atom. The third-order valence-electron chi connectivity index (χ3n) is 3.11. The number of nitrogens with zero attached hydrogens (tertiary/aromatic N) is 1. The van der Waals surface area contributed by atoms with Gasteiger partial charge in [-0.25, -0.2) is 9.59 Å². The number of amides is 1. The third-order valence-corrected chi connectivity index (χ3v) is 3.11. The lowest BCUT2D eigenvalue weighted by atomic mass is 10.2. The highest BCUT2D eigenvalue weighted by atomic mass is 16.5. The second-order valence-corrected chi connectivity index (χ2v) is 4.44. The van der Waals surface area contributed by atoms with Gasteiger partial charge in [0.25, 0.3) is 0 Å². The van der Waals surface area contributed by atoms with Crippen molar-refractivity contribution in [3.63, 3.8) is 0 Å². The predicted molar refractivity (Wildman–Crippen MR) is 64.9 cm³/mol. The molecule has 0 aromatic carbocycles. The highest BCUT2D eigenvalue weighted by molar-refractivity contribution is 5.86. The van der Waals surface area contributed by atoms with Gasteiger partial charge < -0.3 is 19.6 Å². The van der Waals surface area contributed by atoms with Gasteiger partial charge in [0.1, 0.15) is 0 Å². The van der Waals surface area contributed by atoms with Gasteiger partial charge >= 0.3 is 12.1 Å². The van der Waals surface area contributed by atoms with Crippen LogP contribution < -0.4 is 5.32 Å². The first-order valence-electron chi connectivity index (χ1n) is 5.96. The minimum Gasteiger partial charge on any atom is -0.475 e. The highest BCUT2D eigenvalue weighted by Crippen LogP contribution is 2.17. The van der Waals surface area contributed by atoms with Gasteiger partial charge in [-0.15, -0.1) is 0 Å². The summed E-state index contributed by atoms with van der Waals surface area (Å²) >= 11 is 0. The zero-order valence-electron chi connectivity index (χ0n) is 10.6. The van der Waals surface area contributed by atoms with Crippen LogP contribution in [0.3, 0.4) is 0 Å². The van der Waals surface area contributed by atoms with Gasteiger partial charge in [-0.1, -0.05) is 0 Å². The number of likely N-dealkylation sites (tertiary alicyclic amines) is 1. The van der Waals surface area contributed by atoms with E-state index in [0.29, 0.717) is 18.7 Å². The molecule has 2 rings (SSSR count). The summed E-state index contributed by atoms with van der Waals surface area (Å²) in [6.07, 6.45) is 1.75. The molecule has 1 atom stereocenters. The number of hydrogen-bond acceptors (Lipinski definition) is 5. The number of alkyl carbamates (subject to hydrolysis) is 1. The van der Waals surface area contributed by atoms with Crippen molar-refractivity contribution in [3.05, 3.63) is 23.7 Å². The molecule has 0 saturated carbocycles. The Bertz CT molecular complexity index is 470. The largest absolute Gasteiger partial charge is 0.475 e. The molecule has 1 aromatic rings. The van der Waals surface area contributed by atoms with E-state index < -0.39 is 12.1 Å². The number of nitrogens with one attached hydrogen (secondary N) is 1. The summed E-state index contributed by atoms with van der Waals surface area (Å²) in [5.74, 6) is -1.09. The summed E-state index contributed by atoms with van der Waals surface area (Å²) in [4.78, 5) is 24.1. The zero-order valence-corrected chi connectivity index (χ0v) is 10.6. The number of carboxylic acids is 1. The quantitative estimate of drug-likeness (QED) is 0.843. The average Bonchev–Trinajstić information content (AvgIpc) is 2.99. The van der Waals surface area contributed by atoms with Crippen LogP contribution in [-0.2, 0) is 11.3 Å². The fraction of sp³-hybridized carbons (Fsp3) is 0.500. The summed E-state index contributed by atoms with van der Waals surface area (Å²) in [7, 11) is 1.33. The topological polar surface area (TPSA) is 92.0 Å². The van der Waals surface area contributed by atoms with Crippen LogP contribution in [0.15, 0.2) is 16.7 Å². The molecule has 1 aromatic heterocycles. The van der Waals surface area contributed by atoms with E-state index in [4.69, 9.17) is 9.52 Å². The van der Waals surface area contributed by atoms with Crippen molar-refractivity contribution in [2.24, 2.45) is 0 Å². The molecule has 0 radical (unpaired) electrons. The minimum atomic E-state index is -1.07. The van der Waals surface area contributed by atoms with Crippen LogP contribution in [-0.4, -0.2) is 48.3 Å². The number of aromatic carboxylic acids is 1. The van der Waals surface area contributed by atoms with E-state index in [-0.39, 0.29) is 11.8 Å². The van der Waals surface area contributed by atoms with Gasteiger partial charge in [0.2, 0.25) is 5.76 Å². The summed E-state index contributed by atoms with van der Waals surface area (Å²) in [5, 5.41) is 11.7. The lowest BCUT2D eigenvalue weighted by Crippen LogP contribution is -2.36. The molecule has 1 aliphatic rings. The van der Waals surface area contributed by atoms with E-state index in [1.54, 1.807) is 6.07 Å². The Balaban J connectivity index is 1.89. The monoisotopic (exact) mass is 268 g/mol. The van der Waals surface area contributed by atoms with Crippen molar-refractivity contribution in [2.45, 2.75) is 19.0 Å².